The lowest BCUT2D eigenvalue weighted by molar-refractivity contribution is -0.136. The molecule has 1 fully saturated rings. The zero-order valence-corrected chi connectivity index (χ0v) is 19.8. The molecule has 178 valence electrons. The van der Waals surface area contributed by atoms with E-state index in [2.05, 4.69) is 56.3 Å². The molecule has 7 heteroatoms. The molecule has 1 amide bonds. The average molecular weight is 467 g/mol. The molecule has 7 nitrogen and oxygen atoms in total. The molecule has 1 aliphatic rings. The molecule has 0 unspecified atom stereocenters. The monoisotopic (exact) mass is 466 g/mol. The number of hydrogen-bond donors (Lipinski definition) is 0. The summed E-state index contributed by atoms with van der Waals surface area (Å²) in [6.07, 6.45) is 9.42. The summed E-state index contributed by atoms with van der Waals surface area (Å²) < 4.78 is 1.87. The van der Waals surface area contributed by atoms with Crippen LogP contribution in [0.4, 0.5) is 5.82 Å². The second kappa shape index (κ2) is 11.0. The Labute approximate surface area is 206 Å². The van der Waals surface area contributed by atoms with Crippen molar-refractivity contribution in [3.63, 3.8) is 0 Å². The number of carbonyl (C=O) groups is 1. The van der Waals surface area contributed by atoms with Crippen molar-refractivity contribution in [3.05, 3.63) is 103 Å². The van der Waals surface area contributed by atoms with Crippen LogP contribution < -0.4 is 4.90 Å². The van der Waals surface area contributed by atoms with Gasteiger partial charge in [0.05, 0.1) is 0 Å². The molecular formula is C28H30N6O. The number of rotatable bonds is 8. The summed E-state index contributed by atoms with van der Waals surface area (Å²) >= 11 is 0. The highest BCUT2D eigenvalue weighted by Gasteiger charge is 2.29. The van der Waals surface area contributed by atoms with Gasteiger partial charge in [0.1, 0.15) is 24.3 Å². The highest BCUT2D eigenvalue weighted by atomic mass is 16.2. The summed E-state index contributed by atoms with van der Waals surface area (Å²) in [6, 6.07) is 22.6. The summed E-state index contributed by atoms with van der Waals surface area (Å²) in [5.41, 5.74) is 2.42. The summed E-state index contributed by atoms with van der Waals surface area (Å²) in [7, 11) is 0. The van der Waals surface area contributed by atoms with Gasteiger partial charge < -0.3 is 9.80 Å². The van der Waals surface area contributed by atoms with Crippen LogP contribution in [0.5, 0.6) is 0 Å². The van der Waals surface area contributed by atoms with E-state index in [4.69, 9.17) is 0 Å². The Morgan fingerprint density at radius 2 is 1.60 bits per heavy atom. The van der Waals surface area contributed by atoms with E-state index in [0.29, 0.717) is 6.54 Å². The number of aromatic nitrogens is 4. The van der Waals surface area contributed by atoms with Crippen LogP contribution in [0.1, 0.15) is 24.0 Å². The second-order valence-electron chi connectivity index (χ2n) is 8.95. The lowest BCUT2D eigenvalue weighted by Gasteiger charge is -2.35. The van der Waals surface area contributed by atoms with Crippen LogP contribution in [0.25, 0.3) is 5.82 Å². The lowest BCUT2D eigenvalue weighted by Crippen LogP contribution is -2.43. The molecule has 2 aromatic heterocycles. The van der Waals surface area contributed by atoms with Crippen molar-refractivity contribution in [2.24, 2.45) is 5.92 Å². The summed E-state index contributed by atoms with van der Waals surface area (Å²) in [5, 5.41) is 0. The van der Waals surface area contributed by atoms with Gasteiger partial charge in [0.25, 0.3) is 0 Å². The van der Waals surface area contributed by atoms with E-state index in [-0.39, 0.29) is 11.8 Å². The Hall–Kier alpha value is -4.00. The highest BCUT2D eigenvalue weighted by Crippen LogP contribution is 2.25. The summed E-state index contributed by atoms with van der Waals surface area (Å²) in [5.74, 6) is 1.97. The second-order valence-corrected chi connectivity index (χ2v) is 8.95. The number of anilines is 1. The molecule has 0 aliphatic carbocycles. The van der Waals surface area contributed by atoms with E-state index in [9.17, 15) is 4.79 Å². The maximum Gasteiger partial charge on any atom is 0.226 e. The number of amides is 1. The standard InChI is InChI=1S/C28H30N6O/c35-28(33(20-24-9-5-2-6-10-24)15-11-23-7-3-1-4-8-23)25-12-16-32(17-13-25)26-19-27(31-21-30-26)34-18-14-29-22-34/h1-10,14,18-19,21-22,25H,11-13,15-17,20H2. The largest absolute Gasteiger partial charge is 0.356 e. The zero-order chi connectivity index (χ0) is 23.9. The van der Waals surface area contributed by atoms with Crippen LogP contribution >= 0.6 is 0 Å². The molecule has 1 saturated heterocycles. The summed E-state index contributed by atoms with van der Waals surface area (Å²) in [4.78, 5) is 30.9. The van der Waals surface area contributed by atoms with Crippen LogP contribution in [-0.4, -0.2) is 50.0 Å². The van der Waals surface area contributed by atoms with Crippen LogP contribution in [-0.2, 0) is 17.8 Å². The van der Waals surface area contributed by atoms with Gasteiger partial charge in [-0.2, -0.15) is 0 Å². The Morgan fingerprint density at radius 1 is 0.914 bits per heavy atom. The predicted octanol–water partition coefficient (Wildman–Crippen LogP) is 4.15. The van der Waals surface area contributed by atoms with E-state index in [1.807, 2.05) is 46.0 Å². The minimum atomic E-state index is 0.0284. The molecule has 5 rings (SSSR count). The number of benzene rings is 2. The molecule has 1 aliphatic heterocycles. The van der Waals surface area contributed by atoms with Gasteiger partial charge in [-0.05, 0) is 30.4 Å². The van der Waals surface area contributed by atoms with Crippen LogP contribution in [0.15, 0.2) is 91.8 Å². The van der Waals surface area contributed by atoms with Crippen molar-refractivity contribution >= 4 is 11.7 Å². The molecule has 0 atom stereocenters. The number of piperidine rings is 1. The SMILES string of the molecule is O=C(C1CCN(c2cc(-n3ccnc3)ncn2)CC1)N(CCc1ccccc1)Cc1ccccc1. The van der Waals surface area contributed by atoms with Gasteiger partial charge >= 0.3 is 0 Å². The van der Waals surface area contributed by atoms with Crippen molar-refractivity contribution in [2.45, 2.75) is 25.8 Å². The van der Waals surface area contributed by atoms with Crippen molar-refractivity contribution in [2.75, 3.05) is 24.5 Å². The van der Waals surface area contributed by atoms with E-state index >= 15 is 0 Å². The Bertz CT molecular complexity index is 1200. The van der Waals surface area contributed by atoms with E-state index < -0.39 is 0 Å². The fourth-order valence-corrected chi connectivity index (χ4v) is 4.64. The first kappa shape index (κ1) is 22.8. The van der Waals surface area contributed by atoms with E-state index in [0.717, 1.165) is 50.5 Å². The Kier molecular flexibility index (Phi) is 7.13. The van der Waals surface area contributed by atoms with Crippen molar-refractivity contribution in [1.29, 1.82) is 0 Å². The topological polar surface area (TPSA) is 67.2 Å². The van der Waals surface area contributed by atoms with Crippen molar-refractivity contribution in [3.8, 4) is 5.82 Å². The first-order valence-corrected chi connectivity index (χ1v) is 12.2. The molecule has 4 aromatic rings. The smallest absolute Gasteiger partial charge is 0.226 e. The molecular weight excluding hydrogens is 436 g/mol. The van der Waals surface area contributed by atoms with Crippen LogP contribution in [0.3, 0.4) is 0 Å². The molecule has 2 aromatic carbocycles. The molecule has 0 N–H and O–H groups in total. The van der Waals surface area contributed by atoms with Crippen molar-refractivity contribution in [1.82, 2.24) is 24.4 Å². The molecule has 35 heavy (non-hydrogen) atoms. The average Bonchev–Trinajstić information content (AvgIpc) is 3.47. The molecule has 0 spiro atoms. The highest BCUT2D eigenvalue weighted by molar-refractivity contribution is 5.79. The third kappa shape index (κ3) is 5.74. The third-order valence-electron chi connectivity index (χ3n) is 6.62. The van der Waals surface area contributed by atoms with E-state index in [1.54, 1.807) is 18.9 Å². The van der Waals surface area contributed by atoms with Gasteiger partial charge in [-0.1, -0.05) is 60.7 Å². The quantitative estimate of drug-likeness (QED) is 0.390. The fraction of sp³-hybridized carbons (Fsp3) is 0.286. The number of hydrogen-bond acceptors (Lipinski definition) is 5. The maximum atomic E-state index is 13.6. The molecule has 0 radical (unpaired) electrons. The Balaban J connectivity index is 1.24. The van der Waals surface area contributed by atoms with Crippen LogP contribution in [0, 0.1) is 5.92 Å². The normalized spacial score (nSPS) is 14.1. The van der Waals surface area contributed by atoms with Gasteiger partial charge in [-0.15, -0.1) is 0 Å². The zero-order valence-electron chi connectivity index (χ0n) is 19.8. The summed E-state index contributed by atoms with van der Waals surface area (Å²) in [6.45, 7) is 2.97. The lowest BCUT2D eigenvalue weighted by atomic mass is 9.94. The minimum absolute atomic E-state index is 0.0284. The number of carbonyl (C=O) groups excluding carboxylic acids is 1. The number of nitrogens with zero attached hydrogens (tertiary/aromatic N) is 6. The number of imidazole rings is 1. The first-order chi connectivity index (χ1) is 17.3. The molecule has 0 saturated carbocycles. The fourth-order valence-electron chi connectivity index (χ4n) is 4.64. The minimum Gasteiger partial charge on any atom is -0.356 e. The van der Waals surface area contributed by atoms with Gasteiger partial charge in [0.2, 0.25) is 5.91 Å². The van der Waals surface area contributed by atoms with Gasteiger partial charge in [-0.25, -0.2) is 15.0 Å². The van der Waals surface area contributed by atoms with E-state index in [1.165, 1.54) is 11.1 Å². The van der Waals surface area contributed by atoms with Gasteiger partial charge in [0.15, 0.2) is 0 Å². The third-order valence-corrected chi connectivity index (χ3v) is 6.62. The Morgan fingerprint density at radius 3 is 2.29 bits per heavy atom. The predicted molar refractivity (Wildman–Crippen MR) is 136 cm³/mol. The molecule has 3 heterocycles. The first-order valence-electron chi connectivity index (χ1n) is 12.2. The van der Waals surface area contributed by atoms with Gasteiger partial charge in [-0.3, -0.25) is 9.36 Å². The van der Waals surface area contributed by atoms with Gasteiger partial charge in [0, 0.05) is 50.6 Å². The maximum absolute atomic E-state index is 13.6. The van der Waals surface area contributed by atoms with Crippen molar-refractivity contribution < 1.29 is 4.79 Å². The molecule has 0 bridgehead atoms. The van der Waals surface area contributed by atoms with Crippen LogP contribution in [0.2, 0.25) is 0 Å².